The average Bonchev–Trinajstić information content (AvgIpc) is 3.17. The van der Waals surface area contributed by atoms with E-state index in [9.17, 15) is 14.7 Å². The van der Waals surface area contributed by atoms with Gasteiger partial charge in [0.25, 0.3) is 5.56 Å². The SMILES string of the molecule is C=CCOC(=O)C1=C(C)N=c2s/c(=C\c3ccc(O)c(OC)c3)c(=O)n2C1c1ccc(OCC)cc1. The van der Waals surface area contributed by atoms with Crippen molar-refractivity contribution in [3.63, 3.8) is 0 Å². The summed E-state index contributed by atoms with van der Waals surface area (Å²) < 4.78 is 18.0. The Labute approximate surface area is 211 Å². The lowest BCUT2D eigenvalue weighted by molar-refractivity contribution is -0.138. The first-order chi connectivity index (χ1) is 17.4. The molecule has 4 rings (SSSR count). The minimum atomic E-state index is -0.731. The first kappa shape index (κ1) is 25.0. The fourth-order valence-corrected chi connectivity index (χ4v) is 5.01. The number of thiazole rings is 1. The molecule has 1 unspecified atom stereocenters. The number of phenolic OH excluding ortho intramolecular Hbond substituents is 1. The van der Waals surface area contributed by atoms with Gasteiger partial charge in [0, 0.05) is 0 Å². The van der Waals surface area contributed by atoms with Crippen LogP contribution in [0.1, 0.15) is 31.0 Å². The van der Waals surface area contributed by atoms with Gasteiger partial charge in [-0.2, -0.15) is 0 Å². The Hall–Kier alpha value is -4.11. The Morgan fingerprint density at radius 2 is 2.00 bits per heavy atom. The molecule has 0 aliphatic carbocycles. The number of hydrogen-bond acceptors (Lipinski definition) is 8. The van der Waals surface area contributed by atoms with Crippen molar-refractivity contribution in [3.05, 3.63) is 97.2 Å². The van der Waals surface area contributed by atoms with Gasteiger partial charge in [0.15, 0.2) is 16.3 Å². The van der Waals surface area contributed by atoms with Gasteiger partial charge in [-0.25, -0.2) is 9.79 Å². The molecule has 1 aromatic heterocycles. The molecule has 36 heavy (non-hydrogen) atoms. The van der Waals surface area contributed by atoms with E-state index in [2.05, 4.69) is 11.6 Å². The largest absolute Gasteiger partial charge is 0.504 e. The first-order valence-electron chi connectivity index (χ1n) is 11.3. The number of phenols is 1. The van der Waals surface area contributed by atoms with Crippen molar-refractivity contribution in [3.8, 4) is 17.2 Å². The van der Waals surface area contributed by atoms with E-state index in [0.717, 1.165) is 5.56 Å². The number of rotatable bonds is 8. The number of esters is 1. The summed E-state index contributed by atoms with van der Waals surface area (Å²) in [4.78, 5) is 31.8. The smallest absolute Gasteiger partial charge is 0.338 e. The fraction of sp³-hybridized carbons (Fsp3) is 0.222. The second-order valence-electron chi connectivity index (χ2n) is 7.90. The zero-order chi connectivity index (χ0) is 25.8. The molecule has 0 amide bonds. The van der Waals surface area contributed by atoms with Gasteiger partial charge in [-0.3, -0.25) is 9.36 Å². The Kier molecular flexibility index (Phi) is 7.40. The molecule has 0 saturated heterocycles. The van der Waals surface area contributed by atoms with E-state index in [0.29, 0.717) is 38.7 Å². The third-order valence-corrected chi connectivity index (χ3v) is 6.57. The van der Waals surface area contributed by atoms with E-state index in [1.54, 1.807) is 37.3 Å². The van der Waals surface area contributed by atoms with Crippen molar-refractivity contribution >= 4 is 23.4 Å². The third kappa shape index (κ3) is 4.83. The molecule has 0 bridgehead atoms. The lowest BCUT2D eigenvalue weighted by Gasteiger charge is -2.24. The highest BCUT2D eigenvalue weighted by molar-refractivity contribution is 7.07. The van der Waals surface area contributed by atoms with Crippen LogP contribution < -0.4 is 24.4 Å². The molecule has 186 valence electrons. The predicted octanol–water partition coefficient (Wildman–Crippen LogP) is 3.08. The standard InChI is InChI=1S/C27H26N2O6S/c1-5-13-35-26(32)23-16(3)28-27-29(24(23)18-8-10-19(11-9-18)34-6-2)25(31)22(36-27)15-17-7-12-20(30)21(14-17)33-4/h5,7-12,14-15,24,30H,1,6,13H2,2-4H3/b22-15-. The molecule has 0 spiro atoms. The predicted molar refractivity (Wildman–Crippen MR) is 137 cm³/mol. The fourth-order valence-electron chi connectivity index (χ4n) is 3.96. The molecule has 1 atom stereocenters. The Bertz CT molecular complexity index is 1520. The van der Waals surface area contributed by atoms with Gasteiger partial charge in [0.1, 0.15) is 12.4 Å². The van der Waals surface area contributed by atoms with Crippen LogP contribution in [-0.2, 0) is 9.53 Å². The van der Waals surface area contributed by atoms with E-state index in [1.165, 1.54) is 35.2 Å². The zero-order valence-corrected chi connectivity index (χ0v) is 21.0. The number of benzene rings is 2. The molecule has 0 radical (unpaired) electrons. The van der Waals surface area contributed by atoms with Crippen LogP contribution in [-0.4, -0.2) is 36.0 Å². The van der Waals surface area contributed by atoms with Gasteiger partial charge < -0.3 is 19.3 Å². The second-order valence-corrected chi connectivity index (χ2v) is 8.91. The van der Waals surface area contributed by atoms with Crippen LogP contribution in [0.25, 0.3) is 6.08 Å². The summed E-state index contributed by atoms with van der Waals surface area (Å²) in [6, 6.07) is 11.4. The molecule has 1 N–H and O–H groups in total. The highest BCUT2D eigenvalue weighted by Gasteiger charge is 2.33. The molecule has 1 aliphatic heterocycles. The van der Waals surface area contributed by atoms with Crippen molar-refractivity contribution in [2.75, 3.05) is 20.3 Å². The maximum absolute atomic E-state index is 13.7. The van der Waals surface area contributed by atoms with E-state index in [-0.39, 0.29) is 23.5 Å². The lowest BCUT2D eigenvalue weighted by Crippen LogP contribution is -2.39. The summed E-state index contributed by atoms with van der Waals surface area (Å²) in [5, 5.41) is 9.89. The van der Waals surface area contributed by atoms with Crippen molar-refractivity contribution < 1.29 is 24.1 Å². The monoisotopic (exact) mass is 506 g/mol. The number of ether oxygens (including phenoxy) is 3. The van der Waals surface area contributed by atoms with E-state index < -0.39 is 12.0 Å². The van der Waals surface area contributed by atoms with Crippen LogP contribution in [0.5, 0.6) is 17.2 Å². The van der Waals surface area contributed by atoms with Crippen LogP contribution in [0.4, 0.5) is 0 Å². The Morgan fingerprint density at radius 3 is 2.67 bits per heavy atom. The Morgan fingerprint density at radius 1 is 1.25 bits per heavy atom. The number of methoxy groups -OCH3 is 1. The number of aromatic hydroxyl groups is 1. The molecule has 9 heteroatoms. The molecule has 3 aromatic rings. The van der Waals surface area contributed by atoms with Gasteiger partial charge in [-0.15, -0.1) is 0 Å². The van der Waals surface area contributed by atoms with Gasteiger partial charge >= 0.3 is 5.97 Å². The van der Waals surface area contributed by atoms with E-state index in [1.807, 2.05) is 19.1 Å². The van der Waals surface area contributed by atoms with Gasteiger partial charge in [-0.05, 0) is 55.3 Å². The molecule has 0 saturated carbocycles. The molecule has 8 nitrogen and oxygen atoms in total. The highest BCUT2D eigenvalue weighted by Crippen LogP contribution is 2.32. The summed E-state index contributed by atoms with van der Waals surface area (Å²) in [5.41, 5.74) is 1.85. The maximum atomic E-state index is 13.7. The summed E-state index contributed by atoms with van der Waals surface area (Å²) in [6.07, 6.45) is 3.19. The number of allylic oxidation sites excluding steroid dienone is 1. The van der Waals surface area contributed by atoms with Crippen molar-refractivity contribution in [2.45, 2.75) is 19.9 Å². The lowest BCUT2D eigenvalue weighted by atomic mass is 9.96. The van der Waals surface area contributed by atoms with Gasteiger partial charge in [0.05, 0.1) is 35.6 Å². The average molecular weight is 507 g/mol. The zero-order valence-electron chi connectivity index (χ0n) is 20.2. The first-order valence-corrected chi connectivity index (χ1v) is 12.1. The van der Waals surface area contributed by atoms with Crippen LogP contribution in [0.2, 0.25) is 0 Å². The molecule has 2 heterocycles. The summed E-state index contributed by atoms with van der Waals surface area (Å²) in [5.74, 6) is 0.427. The number of hydrogen-bond donors (Lipinski definition) is 1. The van der Waals surface area contributed by atoms with Crippen molar-refractivity contribution in [1.29, 1.82) is 0 Å². The van der Waals surface area contributed by atoms with E-state index >= 15 is 0 Å². The molecular formula is C27H26N2O6S. The van der Waals surface area contributed by atoms with Gasteiger partial charge in [-0.1, -0.05) is 42.2 Å². The maximum Gasteiger partial charge on any atom is 0.338 e. The van der Waals surface area contributed by atoms with Crippen LogP contribution in [0.3, 0.4) is 0 Å². The van der Waals surface area contributed by atoms with Gasteiger partial charge in [0.2, 0.25) is 0 Å². The molecule has 1 aliphatic rings. The van der Waals surface area contributed by atoms with E-state index in [4.69, 9.17) is 14.2 Å². The van der Waals surface area contributed by atoms with Crippen molar-refractivity contribution in [2.24, 2.45) is 4.99 Å². The second kappa shape index (κ2) is 10.7. The Balaban J connectivity index is 1.89. The minimum absolute atomic E-state index is 0.00455. The third-order valence-electron chi connectivity index (χ3n) is 5.58. The molecular weight excluding hydrogens is 480 g/mol. The van der Waals surface area contributed by atoms with Crippen molar-refractivity contribution in [1.82, 2.24) is 4.57 Å². The topological polar surface area (TPSA) is 99.4 Å². The normalized spacial score (nSPS) is 15.2. The summed E-state index contributed by atoms with van der Waals surface area (Å²) in [6.45, 7) is 7.79. The number of nitrogens with zero attached hydrogens (tertiary/aromatic N) is 2. The number of carbonyl (C=O) groups excluding carboxylic acids is 1. The minimum Gasteiger partial charge on any atom is -0.504 e. The number of fused-ring (bicyclic) bond motifs is 1. The molecule has 0 fully saturated rings. The number of aromatic nitrogens is 1. The van der Waals surface area contributed by atoms with Crippen LogP contribution >= 0.6 is 11.3 Å². The highest BCUT2D eigenvalue weighted by atomic mass is 32.1. The quantitative estimate of drug-likeness (QED) is 0.372. The van der Waals surface area contributed by atoms with Crippen LogP contribution in [0, 0.1) is 0 Å². The summed E-state index contributed by atoms with van der Waals surface area (Å²) in [7, 11) is 1.46. The summed E-state index contributed by atoms with van der Waals surface area (Å²) >= 11 is 1.22. The number of carbonyl (C=O) groups is 1. The van der Waals surface area contributed by atoms with Crippen LogP contribution in [0.15, 0.2) is 76.2 Å². The molecule has 2 aromatic carbocycles.